The molecular formula is C13H18N2O4. The first-order valence-corrected chi connectivity index (χ1v) is 5.94. The maximum Gasteiger partial charge on any atom is 0.292 e. The molecule has 1 N–H and O–H groups in total. The van der Waals surface area contributed by atoms with Gasteiger partial charge in [-0.15, -0.1) is 6.58 Å². The number of nitro groups is 1. The summed E-state index contributed by atoms with van der Waals surface area (Å²) in [5, 5.41) is 13.9. The molecule has 0 aliphatic carbocycles. The van der Waals surface area contributed by atoms with Gasteiger partial charge < -0.3 is 14.8 Å². The van der Waals surface area contributed by atoms with Gasteiger partial charge in [-0.25, -0.2) is 0 Å². The average molecular weight is 266 g/mol. The maximum atomic E-state index is 10.9. The molecule has 0 heterocycles. The van der Waals surface area contributed by atoms with E-state index in [0.29, 0.717) is 31.2 Å². The van der Waals surface area contributed by atoms with Crippen molar-refractivity contribution < 1.29 is 14.4 Å². The Hall–Kier alpha value is -2.08. The molecule has 0 atom stereocenters. The van der Waals surface area contributed by atoms with Gasteiger partial charge in [0.25, 0.3) is 5.69 Å². The van der Waals surface area contributed by atoms with E-state index >= 15 is 0 Å². The first-order valence-electron chi connectivity index (χ1n) is 5.94. The Kier molecular flexibility index (Phi) is 6.38. The van der Waals surface area contributed by atoms with Crippen molar-refractivity contribution in [3.8, 4) is 5.75 Å². The van der Waals surface area contributed by atoms with Crippen LogP contribution in [-0.4, -0.2) is 31.8 Å². The van der Waals surface area contributed by atoms with E-state index in [2.05, 4.69) is 11.9 Å². The monoisotopic (exact) mass is 266 g/mol. The van der Waals surface area contributed by atoms with Gasteiger partial charge >= 0.3 is 0 Å². The summed E-state index contributed by atoms with van der Waals surface area (Å²) in [6.07, 6.45) is 2.57. The van der Waals surface area contributed by atoms with Crippen LogP contribution in [0.3, 0.4) is 0 Å². The fourth-order valence-electron chi connectivity index (χ4n) is 1.47. The second kappa shape index (κ2) is 8.10. The van der Waals surface area contributed by atoms with Crippen molar-refractivity contribution in [3.05, 3.63) is 41.0 Å². The lowest BCUT2D eigenvalue weighted by atomic mass is 10.2. The number of nitro benzene ring substituents is 1. The zero-order valence-corrected chi connectivity index (χ0v) is 10.9. The number of hydrogen-bond acceptors (Lipinski definition) is 5. The van der Waals surface area contributed by atoms with Crippen LogP contribution in [0, 0.1) is 10.1 Å². The molecule has 0 fully saturated rings. The predicted octanol–water partition coefficient (Wildman–Crippen LogP) is 2.61. The normalized spacial score (nSPS) is 9.95. The van der Waals surface area contributed by atoms with E-state index in [1.807, 2.05) is 0 Å². The number of benzene rings is 1. The van der Waals surface area contributed by atoms with Crippen molar-refractivity contribution in [3.63, 3.8) is 0 Å². The summed E-state index contributed by atoms with van der Waals surface area (Å²) in [5.74, 6) is 0.570. The quantitative estimate of drug-likeness (QED) is 0.322. The topological polar surface area (TPSA) is 73.6 Å². The highest BCUT2D eigenvalue weighted by Gasteiger charge is 2.13. The molecule has 0 aliphatic heterocycles. The minimum absolute atomic E-state index is 0.0203. The van der Waals surface area contributed by atoms with Crippen LogP contribution in [0.2, 0.25) is 0 Å². The van der Waals surface area contributed by atoms with E-state index in [0.717, 1.165) is 6.42 Å². The molecular weight excluding hydrogens is 248 g/mol. The number of rotatable bonds is 9. The SMILES string of the molecule is C=CCCOCCNc1cc(OC)ccc1[N+](=O)[O-]. The van der Waals surface area contributed by atoms with Gasteiger partial charge in [0, 0.05) is 18.7 Å². The van der Waals surface area contributed by atoms with Gasteiger partial charge in [0.15, 0.2) is 0 Å². The van der Waals surface area contributed by atoms with Gasteiger partial charge in [0.2, 0.25) is 0 Å². The summed E-state index contributed by atoms with van der Waals surface area (Å²) in [5.41, 5.74) is 0.448. The largest absolute Gasteiger partial charge is 0.497 e. The number of hydrogen-bond donors (Lipinski definition) is 1. The molecule has 6 nitrogen and oxygen atoms in total. The first kappa shape index (κ1) is 15.0. The number of anilines is 1. The van der Waals surface area contributed by atoms with Gasteiger partial charge in [-0.2, -0.15) is 0 Å². The summed E-state index contributed by atoms with van der Waals surface area (Å²) < 4.78 is 10.4. The second-order valence-corrected chi connectivity index (χ2v) is 3.76. The molecule has 104 valence electrons. The maximum absolute atomic E-state index is 10.9. The van der Waals surface area contributed by atoms with Crippen molar-refractivity contribution in [2.45, 2.75) is 6.42 Å². The van der Waals surface area contributed by atoms with Crippen molar-refractivity contribution in [1.82, 2.24) is 0 Å². The first-order chi connectivity index (χ1) is 9.19. The van der Waals surface area contributed by atoms with Crippen molar-refractivity contribution in [2.75, 3.05) is 32.2 Å². The molecule has 1 aromatic rings. The fraction of sp³-hybridized carbons (Fsp3) is 0.385. The Morgan fingerprint density at radius 3 is 2.89 bits per heavy atom. The molecule has 0 spiro atoms. The van der Waals surface area contributed by atoms with Gasteiger partial charge in [-0.05, 0) is 12.5 Å². The minimum atomic E-state index is -0.430. The van der Waals surface area contributed by atoms with Gasteiger partial charge in [0.1, 0.15) is 11.4 Å². The Bertz CT molecular complexity index is 435. The zero-order valence-electron chi connectivity index (χ0n) is 10.9. The summed E-state index contributed by atoms with van der Waals surface area (Å²) in [7, 11) is 1.52. The molecule has 0 saturated carbocycles. The number of ether oxygens (including phenoxy) is 2. The summed E-state index contributed by atoms with van der Waals surface area (Å²) >= 11 is 0. The van der Waals surface area contributed by atoms with Crippen LogP contribution in [0.5, 0.6) is 5.75 Å². The van der Waals surface area contributed by atoms with Crippen LogP contribution < -0.4 is 10.1 Å². The molecule has 0 amide bonds. The van der Waals surface area contributed by atoms with Crippen LogP contribution in [0.25, 0.3) is 0 Å². The highest BCUT2D eigenvalue weighted by molar-refractivity contribution is 5.64. The van der Waals surface area contributed by atoms with Gasteiger partial charge in [0.05, 0.1) is 25.2 Å². The lowest BCUT2D eigenvalue weighted by Gasteiger charge is -2.09. The number of nitrogens with one attached hydrogen (secondary N) is 1. The number of nitrogens with zero attached hydrogens (tertiary/aromatic N) is 1. The van der Waals surface area contributed by atoms with Crippen LogP contribution in [0.4, 0.5) is 11.4 Å². The molecule has 19 heavy (non-hydrogen) atoms. The van der Waals surface area contributed by atoms with E-state index in [4.69, 9.17) is 9.47 Å². The van der Waals surface area contributed by atoms with E-state index in [1.165, 1.54) is 13.2 Å². The highest BCUT2D eigenvalue weighted by atomic mass is 16.6. The number of methoxy groups -OCH3 is 1. The second-order valence-electron chi connectivity index (χ2n) is 3.76. The molecule has 0 aliphatic rings. The van der Waals surface area contributed by atoms with Crippen molar-refractivity contribution in [1.29, 1.82) is 0 Å². The average Bonchev–Trinajstić information content (AvgIpc) is 2.42. The molecule has 0 saturated heterocycles. The Morgan fingerprint density at radius 1 is 1.47 bits per heavy atom. The minimum Gasteiger partial charge on any atom is -0.497 e. The van der Waals surface area contributed by atoms with Gasteiger partial charge in [-0.1, -0.05) is 6.08 Å². The van der Waals surface area contributed by atoms with E-state index < -0.39 is 4.92 Å². The predicted molar refractivity (Wildman–Crippen MR) is 73.8 cm³/mol. The van der Waals surface area contributed by atoms with Crippen molar-refractivity contribution >= 4 is 11.4 Å². The summed E-state index contributed by atoms with van der Waals surface area (Å²) in [6.45, 7) is 5.16. The third-order valence-electron chi connectivity index (χ3n) is 2.43. The highest BCUT2D eigenvalue weighted by Crippen LogP contribution is 2.28. The van der Waals surface area contributed by atoms with E-state index in [1.54, 1.807) is 18.2 Å². The Morgan fingerprint density at radius 2 is 2.26 bits per heavy atom. The lowest BCUT2D eigenvalue weighted by Crippen LogP contribution is -2.11. The van der Waals surface area contributed by atoms with Crippen LogP contribution in [-0.2, 0) is 4.74 Å². The van der Waals surface area contributed by atoms with Crippen LogP contribution in [0.15, 0.2) is 30.9 Å². The van der Waals surface area contributed by atoms with E-state index in [-0.39, 0.29) is 5.69 Å². The third-order valence-corrected chi connectivity index (χ3v) is 2.43. The molecule has 1 aromatic carbocycles. The zero-order chi connectivity index (χ0) is 14.1. The molecule has 0 unspecified atom stereocenters. The van der Waals surface area contributed by atoms with Crippen molar-refractivity contribution in [2.24, 2.45) is 0 Å². The fourth-order valence-corrected chi connectivity index (χ4v) is 1.47. The van der Waals surface area contributed by atoms with E-state index in [9.17, 15) is 10.1 Å². The molecule has 1 rings (SSSR count). The van der Waals surface area contributed by atoms with Crippen LogP contribution in [0.1, 0.15) is 6.42 Å². The third kappa shape index (κ3) is 4.97. The molecule has 0 bridgehead atoms. The standard InChI is InChI=1S/C13H18N2O4/c1-3-4-8-19-9-7-14-12-10-11(18-2)5-6-13(12)15(16)17/h3,5-6,10,14H,1,4,7-9H2,2H3. The van der Waals surface area contributed by atoms with Crippen LogP contribution >= 0.6 is 0 Å². The molecule has 6 heteroatoms. The van der Waals surface area contributed by atoms with Gasteiger partial charge in [-0.3, -0.25) is 10.1 Å². The summed E-state index contributed by atoms with van der Waals surface area (Å²) in [6, 6.07) is 4.57. The molecule has 0 radical (unpaired) electrons. The Balaban J connectivity index is 2.55. The summed E-state index contributed by atoms with van der Waals surface area (Å²) in [4.78, 5) is 10.4. The smallest absolute Gasteiger partial charge is 0.292 e. The lowest BCUT2D eigenvalue weighted by molar-refractivity contribution is -0.384. The molecule has 0 aromatic heterocycles. The Labute approximate surface area is 112 Å².